The molecular formula is C42H47N5O4S. The minimum atomic E-state index is -3.57. The maximum absolute atomic E-state index is 13.2. The van der Waals surface area contributed by atoms with E-state index >= 15 is 0 Å². The number of aromatic nitrogens is 1. The predicted molar refractivity (Wildman–Crippen MR) is 200 cm³/mol. The van der Waals surface area contributed by atoms with Gasteiger partial charge in [0.25, 0.3) is 0 Å². The van der Waals surface area contributed by atoms with Gasteiger partial charge in [0, 0.05) is 49.6 Å². The van der Waals surface area contributed by atoms with E-state index in [1.807, 2.05) is 67.6 Å². The lowest BCUT2D eigenvalue weighted by Gasteiger charge is -2.48. The van der Waals surface area contributed by atoms with Gasteiger partial charge in [0.15, 0.2) is 0 Å². The van der Waals surface area contributed by atoms with Gasteiger partial charge in [-0.3, -0.25) is 4.98 Å². The van der Waals surface area contributed by atoms with Gasteiger partial charge >= 0.3 is 6.09 Å². The third-order valence-corrected chi connectivity index (χ3v) is 13.3. The third-order valence-electron chi connectivity index (χ3n) is 11.5. The van der Waals surface area contributed by atoms with Crippen molar-refractivity contribution in [1.29, 1.82) is 5.26 Å². The van der Waals surface area contributed by atoms with Crippen molar-refractivity contribution >= 4 is 21.6 Å². The van der Waals surface area contributed by atoms with E-state index in [2.05, 4.69) is 38.3 Å². The van der Waals surface area contributed by atoms with Crippen molar-refractivity contribution in [3.63, 3.8) is 0 Å². The largest absolute Gasteiger partial charge is 0.446 e. The molecule has 3 fully saturated rings. The Hall–Kier alpha value is -4.72. The number of nitriles is 1. The molecule has 1 aromatic heterocycles. The second kappa shape index (κ2) is 15.5. The Balaban J connectivity index is 0.965. The number of hydrogen-bond donors (Lipinski definition) is 1. The zero-order valence-electron chi connectivity index (χ0n) is 29.7. The number of likely N-dealkylation sites (tertiary alicyclic amines) is 1. The van der Waals surface area contributed by atoms with E-state index in [9.17, 15) is 18.5 Å². The van der Waals surface area contributed by atoms with Crippen LogP contribution in [0.4, 0.5) is 10.5 Å². The van der Waals surface area contributed by atoms with Gasteiger partial charge in [-0.1, -0.05) is 60.7 Å². The Morgan fingerprint density at radius 3 is 2.19 bits per heavy atom. The van der Waals surface area contributed by atoms with Gasteiger partial charge in [-0.05, 0) is 106 Å². The van der Waals surface area contributed by atoms with Crippen molar-refractivity contribution in [2.24, 2.45) is 17.8 Å². The number of nitrogens with one attached hydrogen (secondary N) is 1. The molecule has 1 aliphatic carbocycles. The summed E-state index contributed by atoms with van der Waals surface area (Å²) in [5, 5.41) is 14.2. The molecule has 0 bridgehead atoms. The fourth-order valence-corrected chi connectivity index (χ4v) is 10.0. The van der Waals surface area contributed by atoms with Crippen LogP contribution in [0, 0.1) is 29.1 Å². The third kappa shape index (κ3) is 7.30. The monoisotopic (exact) mass is 717 g/mol. The Morgan fingerprint density at radius 2 is 1.54 bits per heavy atom. The Kier molecular flexibility index (Phi) is 10.6. The van der Waals surface area contributed by atoms with Gasteiger partial charge in [0.2, 0.25) is 9.84 Å². The van der Waals surface area contributed by atoms with Crippen LogP contribution in [0.2, 0.25) is 0 Å². The van der Waals surface area contributed by atoms with Crippen molar-refractivity contribution in [3.05, 3.63) is 121 Å². The van der Waals surface area contributed by atoms with Crippen molar-refractivity contribution in [2.75, 3.05) is 37.6 Å². The van der Waals surface area contributed by atoms with E-state index in [1.165, 1.54) is 24.5 Å². The second-order valence-corrected chi connectivity index (χ2v) is 16.6. The summed E-state index contributed by atoms with van der Waals surface area (Å²) in [6.45, 7) is 6.65. The molecule has 1 unspecified atom stereocenters. The summed E-state index contributed by atoms with van der Waals surface area (Å²) < 4.78 is 32.1. The smallest absolute Gasteiger partial charge is 0.407 e. The number of sulfone groups is 1. The van der Waals surface area contributed by atoms with Crippen LogP contribution in [0.1, 0.15) is 56.2 Å². The summed E-state index contributed by atoms with van der Waals surface area (Å²) in [7, 11) is -3.57. The highest BCUT2D eigenvalue weighted by molar-refractivity contribution is 7.91. The maximum atomic E-state index is 13.2. The van der Waals surface area contributed by atoms with Gasteiger partial charge in [0.1, 0.15) is 6.10 Å². The number of ether oxygens (including phenoxy) is 1. The fourth-order valence-electron chi connectivity index (χ4n) is 8.79. The first-order valence-electron chi connectivity index (χ1n) is 18.5. The van der Waals surface area contributed by atoms with Gasteiger partial charge in [-0.25, -0.2) is 13.2 Å². The summed E-state index contributed by atoms with van der Waals surface area (Å²) in [5.41, 5.74) is 2.33. The van der Waals surface area contributed by atoms with E-state index in [1.54, 1.807) is 12.1 Å². The maximum Gasteiger partial charge on any atom is 0.407 e. The molecule has 2 saturated heterocycles. The Labute approximate surface area is 307 Å². The quantitative estimate of drug-likeness (QED) is 0.174. The summed E-state index contributed by atoms with van der Waals surface area (Å²) in [5.74, 6) is 0.591. The molecule has 3 aromatic carbocycles. The van der Waals surface area contributed by atoms with E-state index < -0.39 is 21.3 Å². The van der Waals surface area contributed by atoms with Crippen LogP contribution in [0.25, 0.3) is 0 Å². The lowest BCUT2D eigenvalue weighted by molar-refractivity contribution is 0.0289. The van der Waals surface area contributed by atoms with Crippen molar-refractivity contribution in [3.8, 4) is 6.07 Å². The molecule has 1 amide bonds. The number of nitrogens with zero attached hydrogens (tertiary/aromatic N) is 4. The summed E-state index contributed by atoms with van der Waals surface area (Å²) in [6.07, 6.45) is 6.58. The van der Waals surface area contributed by atoms with Crippen LogP contribution in [0.3, 0.4) is 0 Å². The van der Waals surface area contributed by atoms with Crippen LogP contribution in [0.15, 0.2) is 119 Å². The number of alkyl carbamates (subject to hydrolysis) is 1. The lowest BCUT2D eigenvalue weighted by Crippen LogP contribution is -2.54. The SMILES string of the molecule is C[C@H](NC(=O)O[C@@H]1CCC[C@H]1C(C#N)(c1ccccc1)C1CCN(CC2CN(c3ccc(S(=O)(=O)c4ccncc4)cc3)C2)CC1)c1ccccc1. The Morgan fingerprint density at radius 1 is 0.904 bits per heavy atom. The molecule has 3 aliphatic rings. The minimum absolute atomic E-state index is 0.0829. The fraction of sp³-hybridized carbons (Fsp3) is 0.405. The molecule has 1 N–H and O–H groups in total. The van der Waals surface area contributed by atoms with Gasteiger partial charge in [0.05, 0.1) is 27.3 Å². The van der Waals surface area contributed by atoms with Crippen molar-refractivity contribution in [1.82, 2.24) is 15.2 Å². The molecule has 10 heteroatoms. The molecular weight excluding hydrogens is 671 g/mol. The lowest BCUT2D eigenvalue weighted by atomic mass is 9.59. The normalized spacial score (nSPS) is 21.7. The predicted octanol–water partition coefficient (Wildman–Crippen LogP) is 7.18. The number of benzene rings is 3. The molecule has 1 saturated carbocycles. The second-order valence-electron chi connectivity index (χ2n) is 14.6. The molecule has 0 radical (unpaired) electrons. The number of pyridine rings is 1. The highest BCUT2D eigenvalue weighted by Gasteiger charge is 2.53. The van der Waals surface area contributed by atoms with E-state index in [0.29, 0.717) is 5.92 Å². The molecule has 3 heterocycles. The van der Waals surface area contributed by atoms with Crippen molar-refractivity contribution in [2.45, 2.75) is 66.4 Å². The number of carbonyl (C=O) groups excluding carboxylic acids is 1. The number of amides is 1. The average molecular weight is 718 g/mol. The van der Waals surface area contributed by atoms with Crippen molar-refractivity contribution < 1.29 is 17.9 Å². The first kappa shape index (κ1) is 35.7. The van der Waals surface area contributed by atoms with Crippen LogP contribution in [-0.2, 0) is 20.0 Å². The summed E-state index contributed by atoms with van der Waals surface area (Å²) in [4.78, 5) is 22.5. The highest BCUT2D eigenvalue weighted by atomic mass is 32.2. The van der Waals surface area contributed by atoms with Gasteiger partial charge in [-0.2, -0.15) is 5.26 Å². The molecule has 7 rings (SSSR count). The molecule has 52 heavy (non-hydrogen) atoms. The highest BCUT2D eigenvalue weighted by Crippen LogP contribution is 2.51. The van der Waals surface area contributed by atoms with Crippen LogP contribution < -0.4 is 10.2 Å². The molecule has 270 valence electrons. The zero-order chi connectivity index (χ0) is 36.1. The molecule has 9 nitrogen and oxygen atoms in total. The number of piperidine rings is 1. The minimum Gasteiger partial charge on any atom is -0.446 e. The summed E-state index contributed by atoms with van der Waals surface area (Å²) in [6, 6.07) is 33.0. The van der Waals surface area contributed by atoms with E-state index in [4.69, 9.17) is 4.74 Å². The molecule has 4 atom stereocenters. The number of rotatable bonds is 11. The molecule has 0 spiro atoms. The van der Waals surface area contributed by atoms with Crippen LogP contribution >= 0.6 is 0 Å². The average Bonchev–Trinajstić information content (AvgIpc) is 3.63. The summed E-state index contributed by atoms with van der Waals surface area (Å²) >= 11 is 0. The molecule has 4 aromatic rings. The number of carbonyl (C=O) groups is 1. The van der Waals surface area contributed by atoms with Crippen LogP contribution in [-0.4, -0.2) is 63.2 Å². The first-order valence-corrected chi connectivity index (χ1v) is 20.0. The topological polar surface area (TPSA) is 116 Å². The number of anilines is 1. The standard InChI is InChI=1S/C42H47N5O4S/c1-31(33-9-4-2-5-10-33)45-41(48)51-40-14-8-13-39(40)42(30-43,34-11-6-3-7-12-34)35-21-25-46(26-22-35)27-32-28-47(29-32)36-15-17-37(18-16-36)52(49,50)38-19-23-44-24-20-38/h2-7,9-12,15-20,23-24,31-32,35,39-40H,8,13-14,21-22,25-29H2,1H3,(H,45,48)/t31-,39+,40+,42?/m0/s1. The van der Waals surface area contributed by atoms with E-state index in [0.717, 1.165) is 81.6 Å². The first-order chi connectivity index (χ1) is 25.3. The van der Waals surface area contributed by atoms with Crippen LogP contribution in [0.5, 0.6) is 0 Å². The van der Waals surface area contributed by atoms with Gasteiger partial charge in [-0.15, -0.1) is 0 Å². The zero-order valence-corrected chi connectivity index (χ0v) is 30.5. The van der Waals surface area contributed by atoms with Gasteiger partial charge < -0.3 is 19.9 Å². The van der Waals surface area contributed by atoms with E-state index in [-0.39, 0.29) is 33.8 Å². The Bertz CT molecular complexity index is 1940. The number of hydrogen-bond acceptors (Lipinski definition) is 8. The molecule has 2 aliphatic heterocycles.